The molecule has 0 aliphatic rings. The third kappa shape index (κ3) is 6.03. The first-order chi connectivity index (χ1) is 9.83. The van der Waals surface area contributed by atoms with Gasteiger partial charge in [0, 0.05) is 0 Å². The normalized spacial score (nSPS) is 10.8. The van der Waals surface area contributed by atoms with Crippen molar-refractivity contribution < 1.29 is 28.5 Å². The number of hydrogen-bond acceptors (Lipinski definition) is 0. The van der Waals surface area contributed by atoms with Crippen molar-refractivity contribution in [1.82, 2.24) is 0 Å². The van der Waals surface area contributed by atoms with Crippen molar-refractivity contribution in [3.63, 3.8) is 0 Å². The number of aryl methyl sites for hydroxylation is 2. The summed E-state index contributed by atoms with van der Waals surface area (Å²) in [5.41, 5.74) is 1.48. The van der Waals surface area contributed by atoms with Crippen molar-refractivity contribution >= 4 is 24.3 Å². The Bertz CT molecular complexity index is 521. The summed E-state index contributed by atoms with van der Waals surface area (Å²) < 4.78 is 5.71. The molecule has 118 valence electrons. The zero-order chi connectivity index (χ0) is 14.2. The summed E-state index contributed by atoms with van der Waals surface area (Å²) in [5, 5.41) is 0. The molecule has 1 aromatic heterocycles. The van der Waals surface area contributed by atoms with E-state index in [1.54, 1.807) is 8.83 Å². The fraction of sp³-hybridized carbons (Fsp3) is 0.611. The van der Waals surface area contributed by atoms with Gasteiger partial charge in [0.25, 0.3) is 0 Å². The molecule has 2 rings (SSSR count). The Morgan fingerprint density at radius 3 is 2.24 bits per heavy atom. The van der Waals surface area contributed by atoms with Crippen LogP contribution in [-0.4, -0.2) is 14.5 Å². The van der Waals surface area contributed by atoms with Gasteiger partial charge in [0.05, 0.1) is 0 Å². The molecule has 0 radical (unpaired) electrons. The zero-order valence-electron chi connectivity index (χ0n) is 13.4. The van der Waals surface area contributed by atoms with Crippen molar-refractivity contribution in [1.29, 1.82) is 0 Å². The summed E-state index contributed by atoms with van der Waals surface area (Å²) in [6.07, 6.45) is 11.2. The molecule has 0 atom stereocenters. The van der Waals surface area contributed by atoms with Crippen LogP contribution in [0.1, 0.15) is 62.9 Å². The number of para-hydroxylation sites is 1. The second kappa shape index (κ2) is 10.8. The maximum atomic E-state index is 2.56. The van der Waals surface area contributed by atoms with E-state index in [2.05, 4.69) is 42.7 Å². The third-order valence-corrected chi connectivity index (χ3v) is 6.30. The monoisotopic (exact) mass is 465 g/mol. The van der Waals surface area contributed by atoms with Crippen LogP contribution in [0.5, 0.6) is 0 Å². The largest absolute Gasteiger partial charge is 1.00 e. The van der Waals surface area contributed by atoms with E-state index in [0.29, 0.717) is 14.5 Å². The number of benzene rings is 1. The van der Waals surface area contributed by atoms with Crippen molar-refractivity contribution in [3.8, 4) is 0 Å². The van der Waals surface area contributed by atoms with Gasteiger partial charge in [-0.25, -0.2) is 0 Å². The van der Waals surface area contributed by atoms with Crippen LogP contribution >= 0.6 is 0 Å². The van der Waals surface area contributed by atoms with Gasteiger partial charge in [-0.05, 0) is 0 Å². The minimum atomic E-state index is 0. The van der Waals surface area contributed by atoms with Crippen LogP contribution in [-0.2, 0) is 6.54 Å². The van der Waals surface area contributed by atoms with Crippen LogP contribution in [0.25, 0.3) is 9.78 Å². The SMILES string of the molecule is CCCCCCCCCC[n+]1c(C)[se]c2ccccc21.[I-]. The molecular weight excluding hydrogens is 436 g/mol. The molecule has 1 nitrogen and oxygen atoms in total. The van der Waals surface area contributed by atoms with Gasteiger partial charge in [0.2, 0.25) is 0 Å². The molecule has 0 saturated heterocycles. The van der Waals surface area contributed by atoms with Crippen molar-refractivity contribution in [2.75, 3.05) is 0 Å². The molecular formula is C18H28INSe. The fourth-order valence-corrected chi connectivity index (χ4v) is 5.03. The number of nitrogens with zero attached hydrogens (tertiary/aromatic N) is 1. The van der Waals surface area contributed by atoms with Crippen molar-refractivity contribution in [3.05, 3.63) is 28.8 Å². The Kier molecular flexibility index (Phi) is 9.87. The molecule has 0 amide bonds. The quantitative estimate of drug-likeness (QED) is 0.230. The fourth-order valence-electron chi connectivity index (χ4n) is 2.83. The topological polar surface area (TPSA) is 3.88 Å². The molecule has 0 bridgehead atoms. The third-order valence-electron chi connectivity index (χ3n) is 4.03. The zero-order valence-corrected chi connectivity index (χ0v) is 17.3. The summed E-state index contributed by atoms with van der Waals surface area (Å²) in [6, 6.07) is 8.94. The Labute approximate surface area is 152 Å². The molecule has 0 aliphatic heterocycles. The average Bonchev–Trinajstić information content (AvgIpc) is 2.78. The van der Waals surface area contributed by atoms with E-state index in [1.807, 2.05) is 0 Å². The molecule has 0 unspecified atom stereocenters. The Morgan fingerprint density at radius 2 is 1.52 bits per heavy atom. The van der Waals surface area contributed by atoms with Gasteiger partial charge in [-0.3, -0.25) is 0 Å². The van der Waals surface area contributed by atoms with Crippen LogP contribution in [0.2, 0.25) is 0 Å². The molecule has 0 aliphatic carbocycles. The van der Waals surface area contributed by atoms with E-state index >= 15 is 0 Å². The number of fused-ring (bicyclic) bond motifs is 1. The van der Waals surface area contributed by atoms with Gasteiger partial charge >= 0.3 is 129 Å². The first kappa shape index (κ1) is 19.2. The molecule has 0 saturated carbocycles. The van der Waals surface area contributed by atoms with E-state index in [0.717, 1.165) is 0 Å². The standard InChI is InChI=1S/C18H28NSe.HI/c1-3-4-5-6-7-8-9-12-15-19-16(2)20-18-14-11-10-13-17(18)19;/h10-11,13-14H,3-9,12,15H2,1-2H3;1H/q+1;/p-1. The van der Waals surface area contributed by atoms with Crippen LogP contribution in [0.4, 0.5) is 0 Å². The second-order valence-electron chi connectivity index (χ2n) is 5.72. The summed E-state index contributed by atoms with van der Waals surface area (Å²) in [7, 11) is 0. The molecule has 0 fully saturated rings. The number of halogens is 1. The van der Waals surface area contributed by atoms with Crippen LogP contribution < -0.4 is 28.5 Å². The van der Waals surface area contributed by atoms with Gasteiger partial charge in [-0.2, -0.15) is 0 Å². The number of rotatable bonds is 9. The van der Waals surface area contributed by atoms with Gasteiger partial charge in [0.1, 0.15) is 0 Å². The molecule has 0 spiro atoms. The van der Waals surface area contributed by atoms with Crippen molar-refractivity contribution in [2.24, 2.45) is 0 Å². The summed E-state index contributed by atoms with van der Waals surface area (Å²) in [5.74, 6) is 0. The van der Waals surface area contributed by atoms with Crippen LogP contribution in [0.3, 0.4) is 0 Å². The Balaban J connectivity index is 0.00000220. The molecule has 1 heterocycles. The maximum Gasteiger partial charge on any atom is -1.00 e. The first-order valence-corrected chi connectivity index (χ1v) is 9.92. The number of aromatic nitrogens is 1. The average molecular weight is 464 g/mol. The van der Waals surface area contributed by atoms with Crippen molar-refractivity contribution in [2.45, 2.75) is 71.8 Å². The van der Waals surface area contributed by atoms with Gasteiger partial charge in [-0.15, -0.1) is 0 Å². The van der Waals surface area contributed by atoms with E-state index in [1.165, 1.54) is 63.4 Å². The summed E-state index contributed by atoms with van der Waals surface area (Å²) >= 11 is 0.566. The summed E-state index contributed by atoms with van der Waals surface area (Å²) in [6.45, 7) is 5.82. The molecule has 3 heteroatoms. The van der Waals surface area contributed by atoms with Gasteiger partial charge in [-0.1, -0.05) is 0 Å². The molecule has 0 N–H and O–H groups in total. The Morgan fingerprint density at radius 1 is 0.905 bits per heavy atom. The molecule has 21 heavy (non-hydrogen) atoms. The predicted molar refractivity (Wildman–Crippen MR) is 88.4 cm³/mol. The number of hydrogen-bond donors (Lipinski definition) is 0. The molecule has 1 aromatic carbocycles. The predicted octanol–water partition coefficient (Wildman–Crippen LogP) is 1.64. The van der Waals surface area contributed by atoms with E-state index in [-0.39, 0.29) is 24.0 Å². The van der Waals surface area contributed by atoms with Crippen LogP contribution in [0.15, 0.2) is 24.3 Å². The smallest absolute Gasteiger partial charge is 1.00 e. The van der Waals surface area contributed by atoms with Gasteiger partial charge < -0.3 is 24.0 Å². The Hall–Kier alpha value is 0.139. The van der Waals surface area contributed by atoms with Gasteiger partial charge in [0.15, 0.2) is 0 Å². The molecule has 2 aromatic rings. The van der Waals surface area contributed by atoms with E-state index < -0.39 is 0 Å². The summed E-state index contributed by atoms with van der Waals surface area (Å²) in [4.78, 5) is 0. The van der Waals surface area contributed by atoms with Crippen LogP contribution in [0, 0.1) is 6.92 Å². The van der Waals surface area contributed by atoms with E-state index in [4.69, 9.17) is 0 Å². The minimum Gasteiger partial charge on any atom is -1.00 e. The first-order valence-electron chi connectivity index (χ1n) is 8.21. The maximum absolute atomic E-state index is 2.56. The minimum absolute atomic E-state index is 0. The second-order valence-corrected chi connectivity index (χ2v) is 8.31. The van der Waals surface area contributed by atoms with E-state index in [9.17, 15) is 0 Å². The number of unbranched alkanes of at least 4 members (excludes halogenated alkanes) is 7.